The second-order valence-electron chi connectivity index (χ2n) is 3.76. The Kier molecular flexibility index (Phi) is 4.29. The van der Waals surface area contributed by atoms with E-state index in [4.69, 9.17) is 5.26 Å². The molecule has 2 rings (SSSR count). The molecule has 0 aliphatic heterocycles. The van der Waals surface area contributed by atoms with Crippen molar-refractivity contribution >= 4 is 26.7 Å². The predicted octanol–water partition coefficient (Wildman–Crippen LogP) is 3.63. The fraction of sp³-hybridized carbons (Fsp3) is 0.0714. The predicted molar refractivity (Wildman–Crippen MR) is 75.4 cm³/mol. The minimum atomic E-state index is -1.09. The van der Waals surface area contributed by atoms with Crippen LogP contribution < -0.4 is 0 Å². The van der Waals surface area contributed by atoms with Crippen LogP contribution in [-0.4, -0.2) is 4.21 Å². The van der Waals surface area contributed by atoms with E-state index in [9.17, 15) is 4.21 Å². The molecular weight excluding hydrogens is 310 g/mol. The van der Waals surface area contributed by atoms with Crippen LogP contribution in [0.3, 0.4) is 0 Å². The van der Waals surface area contributed by atoms with Crippen molar-refractivity contribution in [2.45, 2.75) is 10.6 Å². The molecule has 0 spiro atoms. The lowest BCUT2D eigenvalue weighted by atomic mass is 10.2. The van der Waals surface area contributed by atoms with Crippen LogP contribution in [-0.2, 0) is 16.6 Å². The molecule has 0 aromatic heterocycles. The van der Waals surface area contributed by atoms with E-state index in [0.29, 0.717) is 11.3 Å². The van der Waals surface area contributed by atoms with Gasteiger partial charge >= 0.3 is 0 Å². The third-order valence-electron chi connectivity index (χ3n) is 2.41. The molecule has 0 aliphatic rings. The van der Waals surface area contributed by atoms with Crippen LogP contribution in [0.5, 0.6) is 0 Å². The van der Waals surface area contributed by atoms with Crippen LogP contribution in [0.4, 0.5) is 0 Å². The van der Waals surface area contributed by atoms with Crippen molar-refractivity contribution in [2.24, 2.45) is 0 Å². The standard InChI is InChI=1S/C14H10BrNOS/c15-13-5-2-6-14(8-13)18(17)10-12-4-1-3-11(7-12)9-16/h1-8H,10H2. The molecule has 0 fully saturated rings. The van der Waals surface area contributed by atoms with E-state index in [1.54, 1.807) is 12.1 Å². The van der Waals surface area contributed by atoms with Crippen molar-refractivity contribution in [3.05, 3.63) is 64.1 Å². The Hall–Kier alpha value is -1.44. The Bertz CT molecular complexity index is 634. The first kappa shape index (κ1) is 13.0. The second-order valence-corrected chi connectivity index (χ2v) is 6.13. The lowest BCUT2D eigenvalue weighted by Crippen LogP contribution is -1.96. The third-order valence-corrected chi connectivity index (χ3v) is 4.28. The highest BCUT2D eigenvalue weighted by molar-refractivity contribution is 9.10. The van der Waals surface area contributed by atoms with Gasteiger partial charge in [-0.1, -0.05) is 34.1 Å². The van der Waals surface area contributed by atoms with Gasteiger partial charge in [0.25, 0.3) is 0 Å². The van der Waals surface area contributed by atoms with Crippen LogP contribution >= 0.6 is 15.9 Å². The Balaban J connectivity index is 2.19. The molecule has 0 saturated carbocycles. The second kappa shape index (κ2) is 5.94. The molecule has 4 heteroatoms. The van der Waals surface area contributed by atoms with E-state index in [-0.39, 0.29) is 0 Å². The van der Waals surface area contributed by atoms with Crippen LogP contribution in [0.25, 0.3) is 0 Å². The number of hydrogen-bond donors (Lipinski definition) is 0. The van der Waals surface area contributed by atoms with Gasteiger partial charge < -0.3 is 0 Å². The van der Waals surface area contributed by atoms with E-state index >= 15 is 0 Å². The summed E-state index contributed by atoms with van der Waals surface area (Å²) in [5.41, 5.74) is 1.51. The van der Waals surface area contributed by atoms with Crippen molar-refractivity contribution in [1.82, 2.24) is 0 Å². The Morgan fingerprint density at radius 1 is 1.17 bits per heavy atom. The fourth-order valence-corrected chi connectivity index (χ4v) is 3.26. The maximum absolute atomic E-state index is 12.2. The number of hydrogen-bond acceptors (Lipinski definition) is 2. The number of benzene rings is 2. The van der Waals surface area contributed by atoms with Gasteiger partial charge in [0, 0.05) is 9.37 Å². The fourth-order valence-electron chi connectivity index (χ4n) is 1.57. The van der Waals surface area contributed by atoms with Gasteiger partial charge in [-0.2, -0.15) is 5.26 Å². The summed E-state index contributed by atoms with van der Waals surface area (Å²) in [6.07, 6.45) is 0. The largest absolute Gasteiger partial charge is 0.254 e. The summed E-state index contributed by atoms with van der Waals surface area (Å²) in [7, 11) is -1.09. The molecule has 0 radical (unpaired) electrons. The number of nitriles is 1. The van der Waals surface area contributed by atoms with Gasteiger partial charge in [0.05, 0.1) is 28.2 Å². The first-order chi connectivity index (χ1) is 8.69. The molecule has 1 atom stereocenters. The van der Waals surface area contributed by atoms with E-state index < -0.39 is 10.8 Å². The van der Waals surface area contributed by atoms with Crippen molar-refractivity contribution in [3.63, 3.8) is 0 Å². The van der Waals surface area contributed by atoms with Gasteiger partial charge in [0.15, 0.2) is 0 Å². The molecule has 90 valence electrons. The van der Waals surface area contributed by atoms with Gasteiger partial charge in [-0.05, 0) is 35.9 Å². The molecule has 0 aliphatic carbocycles. The van der Waals surface area contributed by atoms with Crippen LogP contribution in [0, 0.1) is 11.3 Å². The topological polar surface area (TPSA) is 40.9 Å². The Labute approximate surface area is 117 Å². The summed E-state index contributed by atoms with van der Waals surface area (Å²) >= 11 is 3.36. The quantitative estimate of drug-likeness (QED) is 0.866. The monoisotopic (exact) mass is 319 g/mol. The third kappa shape index (κ3) is 3.28. The lowest BCUT2D eigenvalue weighted by Gasteiger charge is -2.03. The first-order valence-corrected chi connectivity index (χ1v) is 7.43. The highest BCUT2D eigenvalue weighted by Gasteiger charge is 2.06. The van der Waals surface area contributed by atoms with Crippen LogP contribution in [0.1, 0.15) is 11.1 Å². The summed E-state index contributed by atoms with van der Waals surface area (Å²) in [4.78, 5) is 0.784. The normalized spacial score (nSPS) is 11.8. The first-order valence-electron chi connectivity index (χ1n) is 5.32. The van der Waals surface area contributed by atoms with Gasteiger partial charge in [0.1, 0.15) is 0 Å². The average Bonchev–Trinajstić information content (AvgIpc) is 2.39. The Morgan fingerprint density at radius 2 is 1.94 bits per heavy atom. The van der Waals surface area contributed by atoms with Gasteiger partial charge in [0.2, 0.25) is 0 Å². The van der Waals surface area contributed by atoms with E-state index in [0.717, 1.165) is 14.9 Å². The van der Waals surface area contributed by atoms with Gasteiger partial charge in [-0.15, -0.1) is 0 Å². The highest BCUT2D eigenvalue weighted by atomic mass is 79.9. The average molecular weight is 320 g/mol. The Morgan fingerprint density at radius 3 is 2.67 bits per heavy atom. The zero-order valence-corrected chi connectivity index (χ0v) is 11.9. The maximum atomic E-state index is 12.2. The van der Waals surface area contributed by atoms with Crippen molar-refractivity contribution in [2.75, 3.05) is 0 Å². The van der Waals surface area contributed by atoms with E-state index in [1.165, 1.54) is 0 Å². The van der Waals surface area contributed by atoms with Gasteiger partial charge in [-0.3, -0.25) is 4.21 Å². The molecule has 0 saturated heterocycles. The number of halogens is 1. The summed E-state index contributed by atoms with van der Waals surface area (Å²) in [5.74, 6) is 0.423. The molecule has 0 heterocycles. The molecule has 0 bridgehead atoms. The zero-order valence-electron chi connectivity index (χ0n) is 9.47. The van der Waals surface area contributed by atoms with E-state index in [2.05, 4.69) is 22.0 Å². The molecule has 2 nitrogen and oxygen atoms in total. The van der Waals surface area contributed by atoms with E-state index in [1.807, 2.05) is 36.4 Å². The molecular formula is C14H10BrNOS. The molecule has 1 unspecified atom stereocenters. The molecule has 18 heavy (non-hydrogen) atoms. The van der Waals surface area contributed by atoms with Gasteiger partial charge in [-0.25, -0.2) is 0 Å². The lowest BCUT2D eigenvalue weighted by molar-refractivity contribution is 0.682. The minimum Gasteiger partial charge on any atom is -0.254 e. The SMILES string of the molecule is N#Cc1cccc(CS(=O)c2cccc(Br)c2)c1. The summed E-state index contributed by atoms with van der Waals surface area (Å²) in [5, 5.41) is 8.82. The van der Waals surface area contributed by atoms with Crippen LogP contribution in [0.2, 0.25) is 0 Å². The molecule has 0 amide bonds. The summed E-state index contributed by atoms with van der Waals surface area (Å²) < 4.78 is 13.1. The number of nitrogens with zero attached hydrogens (tertiary/aromatic N) is 1. The molecule has 0 N–H and O–H groups in total. The van der Waals surface area contributed by atoms with Crippen molar-refractivity contribution in [1.29, 1.82) is 5.26 Å². The number of rotatable bonds is 3. The van der Waals surface area contributed by atoms with Crippen molar-refractivity contribution < 1.29 is 4.21 Å². The molecule has 2 aromatic carbocycles. The van der Waals surface area contributed by atoms with Crippen LogP contribution in [0.15, 0.2) is 57.9 Å². The molecule has 2 aromatic rings. The smallest absolute Gasteiger partial charge is 0.0991 e. The summed E-state index contributed by atoms with van der Waals surface area (Å²) in [6, 6.07) is 16.8. The minimum absolute atomic E-state index is 0.423. The summed E-state index contributed by atoms with van der Waals surface area (Å²) in [6.45, 7) is 0. The van der Waals surface area contributed by atoms with Crippen molar-refractivity contribution in [3.8, 4) is 6.07 Å². The zero-order chi connectivity index (χ0) is 13.0. The highest BCUT2D eigenvalue weighted by Crippen LogP contribution is 2.17. The maximum Gasteiger partial charge on any atom is 0.0991 e.